The monoisotopic (exact) mass is 363 g/mol. The number of aromatic nitrogens is 1. The predicted octanol–water partition coefficient (Wildman–Crippen LogP) is 2.23. The average Bonchev–Trinajstić information content (AvgIpc) is 2.69. The number of piperidine rings is 1. The highest BCUT2D eigenvalue weighted by molar-refractivity contribution is 5.83. The van der Waals surface area contributed by atoms with Crippen molar-refractivity contribution in [3.8, 4) is 29.0 Å². The van der Waals surface area contributed by atoms with Gasteiger partial charge in [0, 0.05) is 17.7 Å². The van der Waals surface area contributed by atoms with Crippen LogP contribution in [0.25, 0.3) is 11.1 Å². The number of hydrogen-bond donors (Lipinski definition) is 2. The Balaban J connectivity index is 1.94. The molecule has 3 N–H and O–H groups in total. The third-order valence-electron chi connectivity index (χ3n) is 4.74. The molecule has 0 spiro atoms. The first-order chi connectivity index (χ1) is 13.2. The van der Waals surface area contributed by atoms with E-state index in [0.29, 0.717) is 17.9 Å². The van der Waals surface area contributed by atoms with Crippen LogP contribution in [0.4, 0.5) is 5.82 Å². The summed E-state index contributed by atoms with van der Waals surface area (Å²) in [5.41, 5.74) is 5.84. The van der Waals surface area contributed by atoms with Crippen LogP contribution in [0.15, 0.2) is 29.1 Å². The van der Waals surface area contributed by atoms with Crippen molar-refractivity contribution in [1.29, 1.82) is 10.5 Å². The molecule has 7 heteroatoms. The summed E-state index contributed by atoms with van der Waals surface area (Å²) in [7, 11) is 0. The van der Waals surface area contributed by atoms with Crippen LogP contribution in [0.3, 0.4) is 0 Å². The van der Waals surface area contributed by atoms with Gasteiger partial charge in [-0.15, -0.1) is 0 Å². The number of pyridine rings is 1. The molecule has 0 amide bonds. The van der Waals surface area contributed by atoms with E-state index in [1.807, 2.05) is 18.2 Å². The molecule has 0 unspecified atom stereocenters. The van der Waals surface area contributed by atoms with E-state index in [1.165, 1.54) is 19.3 Å². The minimum absolute atomic E-state index is 0.0559. The first-order valence-corrected chi connectivity index (χ1v) is 8.96. The highest BCUT2D eigenvalue weighted by atomic mass is 16.5. The van der Waals surface area contributed by atoms with Crippen molar-refractivity contribution in [2.45, 2.75) is 19.3 Å². The van der Waals surface area contributed by atoms with E-state index < -0.39 is 5.56 Å². The van der Waals surface area contributed by atoms with Crippen molar-refractivity contribution in [1.82, 2.24) is 9.88 Å². The number of nitrogens with one attached hydrogen (secondary N) is 1. The number of aromatic amines is 1. The number of nitrogens with two attached hydrogens (primary N) is 1. The summed E-state index contributed by atoms with van der Waals surface area (Å²) in [5.74, 6) is 0.465. The number of rotatable bonds is 5. The molecule has 3 rings (SSSR count). The second-order valence-electron chi connectivity index (χ2n) is 6.46. The van der Waals surface area contributed by atoms with Crippen LogP contribution in [-0.4, -0.2) is 36.1 Å². The zero-order valence-corrected chi connectivity index (χ0v) is 15.0. The summed E-state index contributed by atoms with van der Waals surface area (Å²) in [6.45, 7) is 3.45. The van der Waals surface area contributed by atoms with Crippen molar-refractivity contribution in [3.63, 3.8) is 0 Å². The number of anilines is 1. The summed E-state index contributed by atoms with van der Waals surface area (Å²) in [6, 6.07) is 11.0. The Bertz CT molecular complexity index is 962. The van der Waals surface area contributed by atoms with Gasteiger partial charge in [-0.3, -0.25) is 9.69 Å². The van der Waals surface area contributed by atoms with Crippen molar-refractivity contribution in [3.05, 3.63) is 45.7 Å². The van der Waals surface area contributed by atoms with Crippen molar-refractivity contribution in [2.24, 2.45) is 0 Å². The van der Waals surface area contributed by atoms with E-state index in [0.717, 1.165) is 19.6 Å². The second kappa shape index (κ2) is 8.39. The molecule has 0 aliphatic carbocycles. The fourth-order valence-electron chi connectivity index (χ4n) is 3.38. The second-order valence-corrected chi connectivity index (χ2v) is 6.46. The fourth-order valence-corrected chi connectivity index (χ4v) is 3.38. The zero-order chi connectivity index (χ0) is 19.2. The van der Waals surface area contributed by atoms with Gasteiger partial charge in [-0.2, -0.15) is 10.5 Å². The number of nitrogen functional groups attached to an aromatic ring is 1. The molecular weight excluding hydrogens is 342 g/mol. The molecule has 0 bridgehead atoms. The molecule has 1 fully saturated rings. The van der Waals surface area contributed by atoms with E-state index >= 15 is 0 Å². The molecule has 0 saturated carbocycles. The van der Waals surface area contributed by atoms with E-state index in [9.17, 15) is 15.3 Å². The Labute approximate surface area is 157 Å². The third kappa shape index (κ3) is 3.94. The number of likely N-dealkylation sites (tertiary alicyclic amines) is 1. The first kappa shape index (κ1) is 18.5. The number of hydrogen-bond acceptors (Lipinski definition) is 6. The maximum atomic E-state index is 12.2. The number of ether oxygens (including phenoxy) is 1. The summed E-state index contributed by atoms with van der Waals surface area (Å²) in [6.07, 6.45) is 3.69. The van der Waals surface area contributed by atoms with Gasteiger partial charge in [-0.25, -0.2) is 0 Å². The molecule has 1 aromatic heterocycles. The van der Waals surface area contributed by atoms with Gasteiger partial charge in [0.25, 0.3) is 5.56 Å². The van der Waals surface area contributed by atoms with Gasteiger partial charge < -0.3 is 15.5 Å². The Hall–Kier alpha value is -3.29. The smallest absolute Gasteiger partial charge is 0.268 e. The number of para-hydroxylation sites is 1. The van der Waals surface area contributed by atoms with Crippen LogP contribution < -0.4 is 16.0 Å². The number of nitrogens with zero attached hydrogens (tertiary/aromatic N) is 3. The maximum absolute atomic E-state index is 12.2. The Morgan fingerprint density at radius 2 is 1.81 bits per heavy atom. The lowest BCUT2D eigenvalue weighted by molar-refractivity contribution is 0.183. The summed E-state index contributed by atoms with van der Waals surface area (Å²) in [4.78, 5) is 16.9. The van der Waals surface area contributed by atoms with Gasteiger partial charge >= 0.3 is 0 Å². The number of nitriles is 2. The van der Waals surface area contributed by atoms with Gasteiger partial charge in [0.05, 0.1) is 0 Å². The lowest BCUT2D eigenvalue weighted by Crippen LogP contribution is -2.33. The van der Waals surface area contributed by atoms with Crippen molar-refractivity contribution in [2.75, 3.05) is 32.0 Å². The van der Waals surface area contributed by atoms with E-state index in [2.05, 4.69) is 9.88 Å². The van der Waals surface area contributed by atoms with Gasteiger partial charge in [-0.1, -0.05) is 24.6 Å². The molecule has 27 heavy (non-hydrogen) atoms. The molecule has 7 nitrogen and oxygen atoms in total. The van der Waals surface area contributed by atoms with Crippen LogP contribution in [0.5, 0.6) is 5.75 Å². The number of benzene rings is 1. The van der Waals surface area contributed by atoms with E-state index in [1.54, 1.807) is 18.2 Å². The van der Waals surface area contributed by atoms with Gasteiger partial charge in [0.1, 0.15) is 41.4 Å². The van der Waals surface area contributed by atoms with Gasteiger partial charge in [0.2, 0.25) is 0 Å². The summed E-state index contributed by atoms with van der Waals surface area (Å²) < 4.78 is 5.96. The standard InChI is InChI=1S/C20H21N5O2/c21-12-15-18(16(13-22)20(26)24-19(15)23)14-6-2-3-7-17(14)27-11-10-25-8-4-1-5-9-25/h2-3,6-7H,1,4-5,8-11H2,(H3,23,24,26). The quantitative estimate of drug-likeness (QED) is 0.841. The molecule has 1 aromatic carbocycles. The van der Waals surface area contributed by atoms with Crippen LogP contribution in [0, 0.1) is 22.7 Å². The van der Waals surface area contributed by atoms with Gasteiger partial charge in [-0.05, 0) is 32.0 Å². The Morgan fingerprint density at radius 1 is 1.11 bits per heavy atom. The van der Waals surface area contributed by atoms with E-state index in [4.69, 9.17) is 10.5 Å². The van der Waals surface area contributed by atoms with Gasteiger partial charge in [0.15, 0.2) is 0 Å². The minimum Gasteiger partial charge on any atom is -0.492 e. The molecule has 1 saturated heterocycles. The maximum Gasteiger partial charge on any atom is 0.268 e. The van der Waals surface area contributed by atoms with E-state index in [-0.39, 0.29) is 22.5 Å². The molecule has 1 aliphatic heterocycles. The molecule has 138 valence electrons. The summed E-state index contributed by atoms with van der Waals surface area (Å²) >= 11 is 0. The predicted molar refractivity (Wildman–Crippen MR) is 102 cm³/mol. The molecule has 0 radical (unpaired) electrons. The lowest BCUT2D eigenvalue weighted by atomic mass is 9.96. The molecule has 2 aromatic rings. The van der Waals surface area contributed by atoms with Crippen molar-refractivity contribution < 1.29 is 4.74 Å². The molecule has 1 aliphatic rings. The first-order valence-electron chi connectivity index (χ1n) is 8.96. The average molecular weight is 363 g/mol. The van der Waals surface area contributed by atoms with Crippen LogP contribution in [0.2, 0.25) is 0 Å². The molecular formula is C20H21N5O2. The van der Waals surface area contributed by atoms with Crippen LogP contribution >= 0.6 is 0 Å². The highest BCUT2D eigenvalue weighted by Gasteiger charge is 2.21. The highest BCUT2D eigenvalue weighted by Crippen LogP contribution is 2.35. The van der Waals surface area contributed by atoms with Crippen molar-refractivity contribution >= 4 is 5.82 Å². The van der Waals surface area contributed by atoms with Crippen LogP contribution in [-0.2, 0) is 0 Å². The third-order valence-corrected chi connectivity index (χ3v) is 4.74. The topological polar surface area (TPSA) is 119 Å². The minimum atomic E-state index is -0.618. The molecule has 0 atom stereocenters. The van der Waals surface area contributed by atoms with Crippen LogP contribution in [0.1, 0.15) is 30.4 Å². The fraction of sp³-hybridized carbons (Fsp3) is 0.350. The Kier molecular flexibility index (Phi) is 5.75. The summed E-state index contributed by atoms with van der Waals surface area (Å²) in [5, 5.41) is 18.9. The SMILES string of the molecule is N#Cc1c(N)[nH]c(=O)c(C#N)c1-c1ccccc1OCCN1CCCCC1. The Morgan fingerprint density at radius 3 is 2.52 bits per heavy atom. The molecule has 2 heterocycles. The zero-order valence-electron chi connectivity index (χ0n) is 15.0. The normalized spacial score (nSPS) is 14.3. The lowest BCUT2D eigenvalue weighted by Gasteiger charge is -2.26. The largest absolute Gasteiger partial charge is 0.492 e. The number of H-pyrrole nitrogens is 1.